The van der Waals surface area contributed by atoms with Crippen molar-refractivity contribution >= 4 is 16.3 Å². The Morgan fingerprint density at radius 1 is 1.25 bits per heavy atom. The smallest absolute Gasteiger partial charge is 0.234 e. The lowest BCUT2D eigenvalue weighted by Gasteiger charge is -2.36. The second kappa shape index (κ2) is 4.49. The highest BCUT2D eigenvalue weighted by molar-refractivity contribution is 7.16. The fourth-order valence-corrected chi connectivity index (χ4v) is 4.36. The number of hydrogen-bond acceptors (Lipinski definition) is 5. The van der Waals surface area contributed by atoms with Gasteiger partial charge < -0.3 is 5.73 Å². The molecule has 108 valence electrons. The zero-order valence-electron chi connectivity index (χ0n) is 11.9. The SMILES string of the molecule is CC1CCC(CN)(c2nn3c(C4CC4)nnc3s2)CC1. The minimum atomic E-state index is 0.0820. The van der Waals surface area contributed by atoms with Crippen molar-refractivity contribution in [3.8, 4) is 0 Å². The maximum absolute atomic E-state index is 6.14. The Hall–Kier alpha value is -1.01. The molecule has 2 aliphatic rings. The van der Waals surface area contributed by atoms with E-state index < -0.39 is 0 Å². The van der Waals surface area contributed by atoms with E-state index in [0.29, 0.717) is 12.5 Å². The molecule has 0 bridgehead atoms. The first-order valence-electron chi connectivity index (χ1n) is 7.64. The Kier molecular flexibility index (Phi) is 2.86. The zero-order valence-corrected chi connectivity index (χ0v) is 12.7. The van der Waals surface area contributed by atoms with Crippen LogP contribution >= 0.6 is 11.3 Å². The zero-order chi connectivity index (χ0) is 13.7. The van der Waals surface area contributed by atoms with Crippen molar-refractivity contribution in [3.63, 3.8) is 0 Å². The van der Waals surface area contributed by atoms with E-state index in [4.69, 9.17) is 10.8 Å². The highest BCUT2D eigenvalue weighted by atomic mass is 32.1. The normalized spacial score (nSPS) is 31.0. The van der Waals surface area contributed by atoms with Gasteiger partial charge in [-0.2, -0.15) is 9.61 Å². The van der Waals surface area contributed by atoms with Crippen LogP contribution in [0, 0.1) is 5.92 Å². The summed E-state index contributed by atoms with van der Waals surface area (Å²) in [6.07, 6.45) is 7.29. The Bertz CT molecular complexity index is 619. The van der Waals surface area contributed by atoms with Crippen molar-refractivity contribution in [2.75, 3.05) is 6.54 Å². The highest BCUT2D eigenvalue weighted by Gasteiger charge is 2.39. The summed E-state index contributed by atoms with van der Waals surface area (Å²) in [6.45, 7) is 3.03. The second-order valence-corrected chi connectivity index (χ2v) is 7.56. The third-order valence-corrected chi connectivity index (χ3v) is 6.18. The molecule has 2 heterocycles. The van der Waals surface area contributed by atoms with Gasteiger partial charge in [-0.25, -0.2) is 0 Å². The Morgan fingerprint density at radius 2 is 2.00 bits per heavy atom. The first-order valence-corrected chi connectivity index (χ1v) is 8.46. The van der Waals surface area contributed by atoms with E-state index in [2.05, 4.69) is 17.1 Å². The van der Waals surface area contributed by atoms with Crippen LogP contribution in [0.15, 0.2) is 0 Å². The molecule has 0 radical (unpaired) electrons. The van der Waals surface area contributed by atoms with Gasteiger partial charge in [0.15, 0.2) is 5.82 Å². The molecule has 0 aliphatic heterocycles. The summed E-state index contributed by atoms with van der Waals surface area (Å²) in [5.41, 5.74) is 6.22. The number of nitrogens with zero attached hydrogens (tertiary/aromatic N) is 4. The first-order chi connectivity index (χ1) is 9.72. The van der Waals surface area contributed by atoms with Gasteiger partial charge in [-0.15, -0.1) is 10.2 Å². The van der Waals surface area contributed by atoms with E-state index in [-0.39, 0.29) is 5.41 Å². The molecule has 2 N–H and O–H groups in total. The minimum Gasteiger partial charge on any atom is -0.329 e. The molecule has 5 nitrogen and oxygen atoms in total. The number of fused-ring (bicyclic) bond motifs is 1. The highest BCUT2D eigenvalue weighted by Crippen LogP contribution is 2.44. The van der Waals surface area contributed by atoms with Crippen LogP contribution in [0.1, 0.15) is 62.2 Å². The summed E-state index contributed by atoms with van der Waals surface area (Å²) in [6, 6.07) is 0. The van der Waals surface area contributed by atoms with Gasteiger partial charge in [0.2, 0.25) is 4.96 Å². The fraction of sp³-hybridized carbons (Fsp3) is 0.786. The fourth-order valence-electron chi connectivity index (χ4n) is 3.26. The van der Waals surface area contributed by atoms with Crippen LogP contribution in [0.5, 0.6) is 0 Å². The van der Waals surface area contributed by atoms with E-state index in [9.17, 15) is 0 Å². The molecular formula is C14H21N5S. The number of aromatic nitrogens is 4. The molecule has 4 rings (SSSR count). The van der Waals surface area contributed by atoms with Crippen LogP contribution in [0.25, 0.3) is 4.96 Å². The van der Waals surface area contributed by atoms with Gasteiger partial charge in [-0.1, -0.05) is 18.3 Å². The molecule has 2 aromatic heterocycles. The topological polar surface area (TPSA) is 69.1 Å². The first kappa shape index (κ1) is 12.7. The van der Waals surface area contributed by atoms with Crippen LogP contribution < -0.4 is 5.73 Å². The van der Waals surface area contributed by atoms with Gasteiger partial charge in [-0.05, 0) is 44.4 Å². The molecule has 6 heteroatoms. The van der Waals surface area contributed by atoms with Crippen molar-refractivity contribution in [2.45, 2.75) is 56.8 Å². The van der Waals surface area contributed by atoms with Crippen molar-refractivity contribution in [1.29, 1.82) is 0 Å². The Labute approximate surface area is 122 Å². The monoisotopic (exact) mass is 291 g/mol. The number of rotatable bonds is 3. The van der Waals surface area contributed by atoms with E-state index in [0.717, 1.165) is 29.5 Å². The van der Waals surface area contributed by atoms with Gasteiger partial charge >= 0.3 is 0 Å². The van der Waals surface area contributed by atoms with E-state index in [1.54, 1.807) is 11.3 Å². The second-order valence-electron chi connectivity index (χ2n) is 6.60. The summed E-state index contributed by atoms with van der Waals surface area (Å²) in [5.74, 6) is 2.46. The van der Waals surface area contributed by atoms with Crippen LogP contribution in [0.2, 0.25) is 0 Å². The van der Waals surface area contributed by atoms with Gasteiger partial charge in [0, 0.05) is 17.9 Å². The molecule has 2 aliphatic carbocycles. The molecule has 0 unspecified atom stereocenters. The van der Waals surface area contributed by atoms with Crippen molar-refractivity contribution in [1.82, 2.24) is 19.8 Å². The third kappa shape index (κ3) is 1.89. The van der Waals surface area contributed by atoms with Crippen LogP contribution in [0.4, 0.5) is 0 Å². The standard InChI is InChI=1S/C14H21N5S/c1-9-4-6-14(8-15,7-5-9)12-18-19-11(10-2-3-10)16-17-13(19)20-12/h9-10H,2-8,15H2,1H3. The number of nitrogens with two attached hydrogens (primary N) is 1. The Balaban J connectivity index is 1.72. The summed E-state index contributed by atoms with van der Waals surface area (Å²) in [5, 5.41) is 14.6. The molecule has 0 spiro atoms. The molecule has 0 aromatic carbocycles. The maximum atomic E-state index is 6.14. The van der Waals surface area contributed by atoms with Crippen LogP contribution in [-0.4, -0.2) is 26.4 Å². The van der Waals surface area contributed by atoms with Gasteiger partial charge in [0.1, 0.15) is 5.01 Å². The molecule has 2 saturated carbocycles. The van der Waals surface area contributed by atoms with Gasteiger partial charge in [-0.3, -0.25) is 0 Å². The molecule has 2 aromatic rings. The van der Waals surface area contributed by atoms with Gasteiger partial charge in [0.25, 0.3) is 0 Å². The largest absolute Gasteiger partial charge is 0.329 e. The van der Waals surface area contributed by atoms with Crippen LogP contribution in [0.3, 0.4) is 0 Å². The predicted octanol–water partition coefficient (Wildman–Crippen LogP) is 2.47. The number of hydrogen-bond donors (Lipinski definition) is 1. The van der Waals surface area contributed by atoms with Crippen molar-refractivity contribution < 1.29 is 0 Å². The van der Waals surface area contributed by atoms with Crippen molar-refractivity contribution in [3.05, 3.63) is 10.8 Å². The summed E-state index contributed by atoms with van der Waals surface area (Å²) in [4.78, 5) is 0.938. The molecule has 0 saturated heterocycles. The Morgan fingerprint density at radius 3 is 2.65 bits per heavy atom. The lowest BCUT2D eigenvalue weighted by atomic mass is 9.71. The molecular weight excluding hydrogens is 270 g/mol. The predicted molar refractivity (Wildman–Crippen MR) is 79.0 cm³/mol. The summed E-state index contributed by atoms with van der Waals surface area (Å²) in [7, 11) is 0. The molecule has 0 amide bonds. The molecule has 0 atom stereocenters. The van der Waals surface area contributed by atoms with E-state index in [1.165, 1.54) is 30.7 Å². The lowest BCUT2D eigenvalue weighted by Crippen LogP contribution is -2.38. The average molecular weight is 291 g/mol. The molecule has 20 heavy (non-hydrogen) atoms. The average Bonchev–Trinajstić information content (AvgIpc) is 3.08. The molecule has 2 fully saturated rings. The maximum Gasteiger partial charge on any atom is 0.234 e. The van der Waals surface area contributed by atoms with Crippen LogP contribution in [-0.2, 0) is 5.41 Å². The van der Waals surface area contributed by atoms with E-state index >= 15 is 0 Å². The summed E-state index contributed by atoms with van der Waals surface area (Å²) >= 11 is 1.69. The van der Waals surface area contributed by atoms with Gasteiger partial charge in [0.05, 0.1) is 0 Å². The van der Waals surface area contributed by atoms with Crippen molar-refractivity contribution in [2.24, 2.45) is 11.7 Å². The minimum absolute atomic E-state index is 0.0820. The summed E-state index contributed by atoms with van der Waals surface area (Å²) < 4.78 is 1.98. The lowest BCUT2D eigenvalue weighted by molar-refractivity contribution is 0.245. The quantitative estimate of drug-likeness (QED) is 0.943. The third-order valence-electron chi connectivity index (χ3n) is 5.03. The van der Waals surface area contributed by atoms with E-state index in [1.807, 2.05) is 4.52 Å².